The molecule has 2 rings (SSSR count). The molecular weight excluding hydrogens is 188 g/mol. The molecule has 0 heterocycles. The van der Waals surface area contributed by atoms with E-state index in [0.717, 1.165) is 6.42 Å². The van der Waals surface area contributed by atoms with Gasteiger partial charge in [0.1, 0.15) is 0 Å². The van der Waals surface area contributed by atoms with Crippen LogP contribution in [-0.4, -0.2) is 19.0 Å². The number of benzene rings is 1. The first-order valence-corrected chi connectivity index (χ1v) is 5.35. The average Bonchev–Trinajstić information content (AvgIpc) is 3.07. The fourth-order valence-electron chi connectivity index (χ4n) is 1.88. The molecule has 3 N–H and O–H groups in total. The predicted molar refractivity (Wildman–Crippen MR) is 59.4 cm³/mol. The molecule has 1 saturated carbocycles. The van der Waals surface area contributed by atoms with Crippen LogP contribution in [0.3, 0.4) is 0 Å². The Labute approximate surface area is 89.7 Å². The van der Waals surface area contributed by atoms with E-state index in [9.17, 15) is 4.79 Å². The Morgan fingerprint density at radius 1 is 1.40 bits per heavy atom. The topological polar surface area (TPSA) is 55.1 Å². The standard InChI is InChI=1S/C12H16N2O/c13-6-7-14-12(15)11-8-10(11)9-4-2-1-3-5-9/h1-5,10-11H,6-8,13H2,(H,14,15). The van der Waals surface area contributed by atoms with Crippen molar-refractivity contribution in [3.05, 3.63) is 35.9 Å². The summed E-state index contributed by atoms with van der Waals surface area (Å²) < 4.78 is 0. The summed E-state index contributed by atoms with van der Waals surface area (Å²) in [5.74, 6) is 0.734. The van der Waals surface area contributed by atoms with Gasteiger partial charge in [-0.1, -0.05) is 30.3 Å². The Morgan fingerprint density at radius 3 is 2.80 bits per heavy atom. The van der Waals surface area contributed by atoms with Crippen molar-refractivity contribution in [1.82, 2.24) is 5.32 Å². The zero-order valence-electron chi connectivity index (χ0n) is 8.65. The molecule has 1 aliphatic carbocycles. The smallest absolute Gasteiger partial charge is 0.223 e. The Kier molecular flexibility index (Phi) is 3.02. The van der Waals surface area contributed by atoms with Crippen molar-refractivity contribution in [2.75, 3.05) is 13.1 Å². The molecule has 1 fully saturated rings. The molecule has 1 aromatic carbocycles. The van der Waals surface area contributed by atoms with Crippen molar-refractivity contribution >= 4 is 5.91 Å². The summed E-state index contributed by atoms with van der Waals surface area (Å²) in [6, 6.07) is 10.2. The second-order valence-corrected chi connectivity index (χ2v) is 3.94. The van der Waals surface area contributed by atoms with Gasteiger partial charge in [-0.05, 0) is 17.9 Å². The van der Waals surface area contributed by atoms with Crippen molar-refractivity contribution in [2.45, 2.75) is 12.3 Å². The van der Waals surface area contributed by atoms with Gasteiger partial charge in [0, 0.05) is 19.0 Å². The number of hydrogen-bond acceptors (Lipinski definition) is 2. The molecule has 0 spiro atoms. The van der Waals surface area contributed by atoms with Crippen LogP contribution in [0.5, 0.6) is 0 Å². The van der Waals surface area contributed by atoms with E-state index in [-0.39, 0.29) is 11.8 Å². The molecule has 0 radical (unpaired) electrons. The van der Waals surface area contributed by atoms with E-state index in [1.807, 2.05) is 18.2 Å². The third-order valence-electron chi connectivity index (χ3n) is 2.80. The fraction of sp³-hybridized carbons (Fsp3) is 0.417. The molecule has 15 heavy (non-hydrogen) atoms. The minimum absolute atomic E-state index is 0.148. The summed E-state index contributed by atoms with van der Waals surface area (Å²) >= 11 is 0. The maximum Gasteiger partial charge on any atom is 0.223 e. The van der Waals surface area contributed by atoms with Crippen molar-refractivity contribution in [3.63, 3.8) is 0 Å². The summed E-state index contributed by atoms with van der Waals surface area (Å²) in [4.78, 5) is 11.6. The maximum absolute atomic E-state index is 11.6. The molecule has 0 aromatic heterocycles. The van der Waals surface area contributed by atoms with Crippen molar-refractivity contribution in [2.24, 2.45) is 11.7 Å². The van der Waals surface area contributed by atoms with Crippen molar-refractivity contribution < 1.29 is 4.79 Å². The van der Waals surface area contributed by atoms with E-state index in [1.165, 1.54) is 5.56 Å². The van der Waals surface area contributed by atoms with Gasteiger partial charge in [-0.2, -0.15) is 0 Å². The Hall–Kier alpha value is -1.35. The van der Waals surface area contributed by atoms with Crippen LogP contribution in [0.25, 0.3) is 0 Å². The van der Waals surface area contributed by atoms with E-state index in [1.54, 1.807) is 0 Å². The van der Waals surface area contributed by atoms with Gasteiger partial charge >= 0.3 is 0 Å². The molecule has 80 valence electrons. The highest BCUT2D eigenvalue weighted by Crippen LogP contribution is 2.47. The first-order valence-electron chi connectivity index (χ1n) is 5.35. The molecule has 0 saturated heterocycles. The number of carbonyl (C=O) groups is 1. The largest absolute Gasteiger partial charge is 0.355 e. The van der Waals surface area contributed by atoms with Crippen LogP contribution in [0.1, 0.15) is 17.9 Å². The summed E-state index contributed by atoms with van der Waals surface area (Å²) in [5.41, 5.74) is 6.60. The van der Waals surface area contributed by atoms with Crippen LogP contribution in [0.2, 0.25) is 0 Å². The van der Waals surface area contributed by atoms with E-state index in [4.69, 9.17) is 5.73 Å². The molecular formula is C12H16N2O. The lowest BCUT2D eigenvalue weighted by Gasteiger charge is -2.02. The quantitative estimate of drug-likeness (QED) is 0.764. The average molecular weight is 204 g/mol. The van der Waals surface area contributed by atoms with Crippen LogP contribution in [0, 0.1) is 5.92 Å². The normalized spacial score (nSPS) is 23.5. The monoisotopic (exact) mass is 204 g/mol. The van der Waals surface area contributed by atoms with Gasteiger partial charge in [0.2, 0.25) is 5.91 Å². The molecule has 0 aliphatic heterocycles. The van der Waals surface area contributed by atoms with E-state index < -0.39 is 0 Å². The first-order chi connectivity index (χ1) is 7.33. The highest BCUT2D eigenvalue weighted by atomic mass is 16.2. The lowest BCUT2D eigenvalue weighted by atomic mass is 10.1. The summed E-state index contributed by atoms with van der Waals surface area (Å²) in [7, 11) is 0. The number of hydrogen-bond donors (Lipinski definition) is 2. The third kappa shape index (κ3) is 2.36. The molecule has 1 amide bonds. The zero-order chi connectivity index (χ0) is 10.7. The van der Waals surface area contributed by atoms with Gasteiger partial charge in [-0.3, -0.25) is 4.79 Å². The Bertz CT molecular complexity index is 337. The maximum atomic E-state index is 11.6. The Morgan fingerprint density at radius 2 is 2.13 bits per heavy atom. The molecule has 2 unspecified atom stereocenters. The van der Waals surface area contributed by atoms with Gasteiger partial charge in [-0.25, -0.2) is 0 Å². The molecule has 3 nitrogen and oxygen atoms in total. The number of amides is 1. The molecule has 1 aliphatic rings. The van der Waals surface area contributed by atoms with Gasteiger partial charge in [0.05, 0.1) is 0 Å². The minimum Gasteiger partial charge on any atom is -0.355 e. The summed E-state index contributed by atoms with van der Waals surface area (Å²) in [6.07, 6.45) is 0.973. The van der Waals surface area contributed by atoms with Gasteiger partial charge in [0.25, 0.3) is 0 Å². The van der Waals surface area contributed by atoms with E-state index in [2.05, 4.69) is 17.4 Å². The van der Waals surface area contributed by atoms with Crippen LogP contribution < -0.4 is 11.1 Å². The number of rotatable bonds is 4. The predicted octanol–water partition coefficient (Wildman–Crippen LogP) is 0.865. The zero-order valence-corrected chi connectivity index (χ0v) is 8.65. The number of nitrogens with one attached hydrogen (secondary N) is 1. The van der Waals surface area contributed by atoms with Gasteiger partial charge < -0.3 is 11.1 Å². The first kappa shape index (κ1) is 10.2. The third-order valence-corrected chi connectivity index (χ3v) is 2.80. The number of nitrogens with two attached hydrogens (primary N) is 1. The second kappa shape index (κ2) is 4.45. The summed E-state index contributed by atoms with van der Waals surface area (Å²) in [6.45, 7) is 1.09. The van der Waals surface area contributed by atoms with Crippen molar-refractivity contribution in [1.29, 1.82) is 0 Å². The lowest BCUT2D eigenvalue weighted by molar-refractivity contribution is -0.122. The van der Waals surface area contributed by atoms with Crippen LogP contribution in [-0.2, 0) is 4.79 Å². The van der Waals surface area contributed by atoms with Crippen molar-refractivity contribution in [3.8, 4) is 0 Å². The van der Waals surface area contributed by atoms with Gasteiger partial charge in [-0.15, -0.1) is 0 Å². The van der Waals surface area contributed by atoms with E-state index >= 15 is 0 Å². The minimum atomic E-state index is 0.148. The number of carbonyl (C=O) groups excluding carboxylic acids is 1. The highest BCUT2D eigenvalue weighted by Gasteiger charge is 2.43. The van der Waals surface area contributed by atoms with Crippen LogP contribution >= 0.6 is 0 Å². The molecule has 1 aromatic rings. The van der Waals surface area contributed by atoms with Crippen LogP contribution in [0.15, 0.2) is 30.3 Å². The van der Waals surface area contributed by atoms with E-state index in [0.29, 0.717) is 19.0 Å². The summed E-state index contributed by atoms with van der Waals surface area (Å²) in [5, 5.41) is 2.83. The Balaban J connectivity index is 1.88. The SMILES string of the molecule is NCCNC(=O)C1CC1c1ccccc1. The second-order valence-electron chi connectivity index (χ2n) is 3.94. The molecule has 3 heteroatoms. The molecule has 2 atom stereocenters. The fourth-order valence-corrected chi connectivity index (χ4v) is 1.88. The molecule has 0 bridgehead atoms. The lowest BCUT2D eigenvalue weighted by Crippen LogP contribution is -2.30. The highest BCUT2D eigenvalue weighted by molar-refractivity contribution is 5.82. The van der Waals surface area contributed by atoms with Crippen LogP contribution in [0.4, 0.5) is 0 Å². The van der Waals surface area contributed by atoms with Gasteiger partial charge in [0.15, 0.2) is 0 Å².